The average molecular weight is 346 g/mol. The topological polar surface area (TPSA) is 25.2 Å². The summed E-state index contributed by atoms with van der Waals surface area (Å²) in [7, 11) is 0. The number of aryl methyl sites for hydroxylation is 2. The Morgan fingerprint density at radius 3 is 2.26 bits per heavy atom. The van der Waals surface area contributed by atoms with Gasteiger partial charge in [-0.15, -0.1) is 0 Å². The number of nitrogens with one attached hydrogen (secondary N) is 1. The molecule has 0 atom stereocenters. The Morgan fingerprint density at radius 2 is 1.57 bits per heavy atom. The third-order valence-electron chi connectivity index (χ3n) is 3.76. The first-order chi connectivity index (χ1) is 11.0. The average Bonchev–Trinajstić information content (AvgIpc) is 3.00. The quantitative estimate of drug-likeness (QED) is 0.585. The van der Waals surface area contributed by atoms with Crippen LogP contribution >= 0.6 is 23.2 Å². The molecule has 0 spiro atoms. The van der Waals surface area contributed by atoms with Crippen LogP contribution < -0.4 is 5.32 Å². The SMILES string of the molecule is Cc1ccc(NCc2ccc(-c3ccc(C)c(Cl)c3)o2)cc1Cl. The fourth-order valence-corrected chi connectivity index (χ4v) is 2.63. The largest absolute Gasteiger partial charge is 0.459 e. The molecule has 3 aromatic rings. The normalized spacial score (nSPS) is 10.8. The second-order valence-electron chi connectivity index (χ2n) is 5.55. The molecule has 1 N–H and O–H groups in total. The van der Waals surface area contributed by atoms with Crippen LogP contribution in [-0.4, -0.2) is 0 Å². The van der Waals surface area contributed by atoms with Crippen LogP contribution in [0.5, 0.6) is 0 Å². The third-order valence-corrected chi connectivity index (χ3v) is 4.57. The van der Waals surface area contributed by atoms with Gasteiger partial charge in [0.1, 0.15) is 11.5 Å². The molecule has 0 radical (unpaired) electrons. The lowest BCUT2D eigenvalue weighted by Crippen LogP contribution is -1.98. The lowest BCUT2D eigenvalue weighted by atomic mass is 10.1. The van der Waals surface area contributed by atoms with E-state index in [-0.39, 0.29) is 0 Å². The van der Waals surface area contributed by atoms with Crippen LogP contribution in [0, 0.1) is 13.8 Å². The third kappa shape index (κ3) is 3.72. The Bertz CT molecular complexity index is 839. The maximum Gasteiger partial charge on any atom is 0.134 e. The Labute approximate surface area is 146 Å². The van der Waals surface area contributed by atoms with Gasteiger partial charge in [0.15, 0.2) is 0 Å². The fraction of sp³-hybridized carbons (Fsp3) is 0.158. The molecule has 0 amide bonds. The molecule has 1 heterocycles. The van der Waals surface area contributed by atoms with Crippen LogP contribution in [-0.2, 0) is 6.54 Å². The van der Waals surface area contributed by atoms with Crippen molar-refractivity contribution in [3.63, 3.8) is 0 Å². The number of halogens is 2. The van der Waals surface area contributed by atoms with Crippen molar-refractivity contribution in [2.45, 2.75) is 20.4 Å². The summed E-state index contributed by atoms with van der Waals surface area (Å²) < 4.78 is 5.89. The van der Waals surface area contributed by atoms with E-state index in [1.54, 1.807) is 0 Å². The molecule has 0 fully saturated rings. The molecule has 118 valence electrons. The van der Waals surface area contributed by atoms with Gasteiger partial charge in [-0.25, -0.2) is 0 Å². The number of furan rings is 1. The summed E-state index contributed by atoms with van der Waals surface area (Å²) in [6.45, 7) is 4.56. The van der Waals surface area contributed by atoms with Crippen molar-refractivity contribution in [1.29, 1.82) is 0 Å². The van der Waals surface area contributed by atoms with Gasteiger partial charge >= 0.3 is 0 Å². The van der Waals surface area contributed by atoms with Crippen molar-refractivity contribution in [2.24, 2.45) is 0 Å². The van der Waals surface area contributed by atoms with E-state index < -0.39 is 0 Å². The minimum absolute atomic E-state index is 0.596. The molecule has 0 aliphatic carbocycles. The Kier molecular flexibility index (Phi) is 4.65. The Morgan fingerprint density at radius 1 is 0.870 bits per heavy atom. The van der Waals surface area contributed by atoms with E-state index in [4.69, 9.17) is 27.6 Å². The highest BCUT2D eigenvalue weighted by molar-refractivity contribution is 6.31. The molecular weight excluding hydrogens is 329 g/mol. The van der Waals surface area contributed by atoms with Gasteiger partial charge in [0.05, 0.1) is 6.54 Å². The number of hydrogen-bond acceptors (Lipinski definition) is 2. The van der Waals surface area contributed by atoms with Crippen molar-refractivity contribution in [3.05, 3.63) is 75.5 Å². The van der Waals surface area contributed by atoms with Gasteiger partial charge in [0.2, 0.25) is 0 Å². The maximum absolute atomic E-state index is 6.17. The number of benzene rings is 2. The molecule has 0 aliphatic rings. The first kappa shape index (κ1) is 16.0. The molecule has 0 saturated carbocycles. The molecule has 0 saturated heterocycles. The monoisotopic (exact) mass is 345 g/mol. The van der Waals surface area contributed by atoms with E-state index in [2.05, 4.69) is 5.32 Å². The summed E-state index contributed by atoms with van der Waals surface area (Å²) in [5, 5.41) is 4.81. The number of rotatable bonds is 4. The summed E-state index contributed by atoms with van der Waals surface area (Å²) >= 11 is 12.3. The molecule has 2 nitrogen and oxygen atoms in total. The van der Waals surface area contributed by atoms with Crippen LogP contribution in [0.4, 0.5) is 5.69 Å². The standard InChI is InChI=1S/C19H17Cl2NO/c1-12-3-5-14(9-17(12)20)19-8-7-16(23-19)11-22-15-6-4-13(2)18(21)10-15/h3-10,22H,11H2,1-2H3. The van der Waals surface area contributed by atoms with E-state index in [9.17, 15) is 0 Å². The van der Waals surface area contributed by atoms with Gasteiger partial charge in [-0.3, -0.25) is 0 Å². The highest BCUT2D eigenvalue weighted by Crippen LogP contribution is 2.27. The van der Waals surface area contributed by atoms with Crippen molar-refractivity contribution in [1.82, 2.24) is 0 Å². The van der Waals surface area contributed by atoms with Gasteiger partial charge in [-0.05, 0) is 55.3 Å². The van der Waals surface area contributed by atoms with Crippen molar-refractivity contribution in [2.75, 3.05) is 5.32 Å². The minimum atomic E-state index is 0.596. The van der Waals surface area contributed by atoms with Gasteiger partial charge < -0.3 is 9.73 Å². The number of anilines is 1. The van der Waals surface area contributed by atoms with E-state index in [0.29, 0.717) is 6.54 Å². The van der Waals surface area contributed by atoms with E-state index in [1.165, 1.54) is 0 Å². The predicted octanol–water partition coefficient (Wildman–Crippen LogP) is 6.48. The number of hydrogen-bond donors (Lipinski definition) is 1. The van der Waals surface area contributed by atoms with Crippen LogP contribution in [0.2, 0.25) is 10.0 Å². The van der Waals surface area contributed by atoms with Crippen LogP contribution in [0.15, 0.2) is 52.9 Å². The lowest BCUT2D eigenvalue weighted by molar-refractivity contribution is 0.531. The predicted molar refractivity (Wildman–Crippen MR) is 97.4 cm³/mol. The Balaban J connectivity index is 1.71. The molecule has 3 rings (SSSR count). The molecule has 23 heavy (non-hydrogen) atoms. The highest BCUT2D eigenvalue weighted by Gasteiger charge is 2.07. The summed E-state index contributed by atoms with van der Waals surface area (Å²) in [6, 6.07) is 15.8. The van der Waals surface area contributed by atoms with Gasteiger partial charge in [-0.1, -0.05) is 41.4 Å². The molecule has 2 aromatic carbocycles. The van der Waals surface area contributed by atoms with Crippen LogP contribution in [0.1, 0.15) is 16.9 Å². The van der Waals surface area contributed by atoms with Crippen LogP contribution in [0.25, 0.3) is 11.3 Å². The fourth-order valence-electron chi connectivity index (χ4n) is 2.27. The maximum atomic E-state index is 6.17. The Hall–Kier alpha value is -1.90. The summed E-state index contributed by atoms with van der Waals surface area (Å²) in [6.07, 6.45) is 0. The summed E-state index contributed by atoms with van der Waals surface area (Å²) in [5.74, 6) is 1.67. The van der Waals surface area contributed by atoms with Crippen molar-refractivity contribution < 1.29 is 4.42 Å². The molecule has 4 heteroatoms. The lowest BCUT2D eigenvalue weighted by Gasteiger charge is -2.06. The van der Waals surface area contributed by atoms with E-state index >= 15 is 0 Å². The first-order valence-electron chi connectivity index (χ1n) is 7.38. The second-order valence-corrected chi connectivity index (χ2v) is 6.36. The molecule has 0 unspecified atom stereocenters. The summed E-state index contributed by atoms with van der Waals surface area (Å²) in [5.41, 5.74) is 4.07. The van der Waals surface area contributed by atoms with E-state index in [1.807, 2.05) is 62.4 Å². The zero-order valence-corrected chi connectivity index (χ0v) is 14.5. The molecule has 1 aromatic heterocycles. The molecule has 0 bridgehead atoms. The summed E-state index contributed by atoms with van der Waals surface area (Å²) in [4.78, 5) is 0. The molecular formula is C19H17Cl2NO. The smallest absolute Gasteiger partial charge is 0.134 e. The van der Waals surface area contributed by atoms with Crippen LogP contribution in [0.3, 0.4) is 0 Å². The minimum Gasteiger partial charge on any atom is -0.459 e. The van der Waals surface area contributed by atoms with Gasteiger partial charge in [0, 0.05) is 21.3 Å². The van der Waals surface area contributed by atoms with Crippen molar-refractivity contribution >= 4 is 28.9 Å². The first-order valence-corrected chi connectivity index (χ1v) is 8.14. The second kappa shape index (κ2) is 6.69. The zero-order chi connectivity index (χ0) is 16.4. The highest BCUT2D eigenvalue weighted by atomic mass is 35.5. The van der Waals surface area contributed by atoms with Gasteiger partial charge in [0.25, 0.3) is 0 Å². The zero-order valence-electron chi connectivity index (χ0n) is 13.0. The van der Waals surface area contributed by atoms with Crippen molar-refractivity contribution in [3.8, 4) is 11.3 Å². The molecule has 0 aliphatic heterocycles. The van der Waals surface area contributed by atoms with E-state index in [0.717, 1.165) is 43.9 Å². The van der Waals surface area contributed by atoms with Gasteiger partial charge in [-0.2, -0.15) is 0 Å².